The lowest BCUT2D eigenvalue weighted by atomic mass is 9.91. The quantitative estimate of drug-likeness (QED) is 0.592. The molecular formula is C21H22FN7O2. The first-order valence-electron chi connectivity index (χ1n) is 10.3. The van der Waals surface area contributed by atoms with E-state index in [1.54, 1.807) is 12.3 Å². The highest BCUT2D eigenvalue weighted by atomic mass is 19.1. The number of nitrogens with zero attached hydrogens (tertiary/aromatic N) is 5. The van der Waals surface area contributed by atoms with E-state index in [-0.39, 0.29) is 30.4 Å². The van der Waals surface area contributed by atoms with Gasteiger partial charge in [-0.3, -0.25) is 9.89 Å². The van der Waals surface area contributed by atoms with Crippen molar-refractivity contribution in [2.24, 2.45) is 0 Å². The number of carbonyl (C=O) groups is 1. The van der Waals surface area contributed by atoms with Gasteiger partial charge in [0, 0.05) is 11.6 Å². The van der Waals surface area contributed by atoms with Crippen molar-refractivity contribution in [3.8, 4) is 22.6 Å². The van der Waals surface area contributed by atoms with Gasteiger partial charge in [0.05, 0.1) is 30.1 Å². The molecule has 2 aromatic heterocycles. The number of H-pyrrole nitrogens is 1. The zero-order chi connectivity index (χ0) is 21.5. The van der Waals surface area contributed by atoms with Gasteiger partial charge in [-0.1, -0.05) is 0 Å². The topological polar surface area (TPSA) is 120 Å². The van der Waals surface area contributed by atoms with Gasteiger partial charge in [0.2, 0.25) is 5.91 Å². The molecule has 0 atom stereocenters. The minimum absolute atomic E-state index is 0.101. The lowest BCUT2D eigenvalue weighted by molar-refractivity contribution is -0.115. The molecular weight excluding hydrogens is 401 g/mol. The van der Waals surface area contributed by atoms with Crippen molar-refractivity contribution in [1.82, 2.24) is 25.1 Å². The number of halogens is 1. The highest BCUT2D eigenvalue weighted by Gasteiger charge is 2.33. The van der Waals surface area contributed by atoms with Gasteiger partial charge in [0.1, 0.15) is 12.1 Å². The van der Waals surface area contributed by atoms with Crippen LogP contribution in [0.25, 0.3) is 22.6 Å². The van der Waals surface area contributed by atoms with Crippen LogP contribution in [-0.2, 0) is 4.79 Å². The second kappa shape index (κ2) is 7.69. The predicted molar refractivity (Wildman–Crippen MR) is 112 cm³/mol. The molecule has 0 unspecified atom stereocenters. The Kier molecular flexibility index (Phi) is 4.85. The van der Waals surface area contributed by atoms with Crippen LogP contribution in [0.15, 0.2) is 24.7 Å². The summed E-state index contributed by atoms with van der Waals surface area (Å²) >= 11 is 0. The summed E-state index contributed by atoms with van der Waals surface area (Å²) < 4.78 is 14.8. The molecule has 3 aromatic rings. The van der Waals surface area contributed by atoms with E-state index in [9.17, 15) is 14.3 Å². The number of aromatic amines is 1. The van der Waals surface area contributed by atoms with E-state index >= 15 is 0 Å². The summed E-state index contributed by atoms with van der Waals surface area (Å²) in [5.41, 5.74) is 2.25. The van der Waals surface area contributed by atoms with Crippen LogP contribution in [-0.4, -0.2) is 54.9 Å². The first kappa shape index (κ1) is 19.6. The first-order valence-corrected chi connectivity index (χ1v) is 10.3. The monoisotopic (exact) mass is 423 g/mol. The molecule has 31 heavy (non-hydrogen) atoms. The van der Waals surface area contributed by atoms with Gasteiger partial charge in [-0.2, -0.15) is 5.10 Å². The number of fused-ring (bicyclic) bond motifs is 1. The number of aliphatic hydroxyl groups is 1. The van der Waals surface area contributed by atoms with E-state index in [4.69, 9.17) is 4.98 Å². The molecule has 0 saturated heterocycles. The maximum atomic E-state index is 14.8. The summed E-state index contributed by atoms with van der Waals surface area (Å²) in [7, 11) is 0. The highest BCUT2D eigenvalue weighted by Crippen LogP contribution is 2.35. The Hall–Kier alpha value is -3.40. The van der Waals surface area contributed by atoms with Gasteiger partial charge < -0.3 is 15.3 Å². The van der Waals surface area contributed by atoms with Crippen LogP contribution in [0.3, 0.4) is 0 Å². The zero-order valence-corrected chi connectivity index (χ0v) is 17.0. The second-order valence-corrected chi connectivity index (χ2v) is 8.04. The Balaban J connectivity index is 1.53. The van der Waals surface area contributed by atoms with Crippen molar-refractivity contribution in [2.45, 2.75) is 44.8 Å². The number of amides is 1. The van der Waals surface area contributed by atoms with E-state index in [1.807, 2.05) is 11.8 Å². The Morgan fingerprint density at radius 3 is 2.71 bits per heavy atom. The molecule has 3 heterocycles. The first-order chi connectivity index (χ1) is 15.0. The summed E-state index contributed by atoms with van der Waals surface area (Å²) in [4.78, 5) is 27.4. The van der Waals surface area contributed by atoms with Crippen molar-refractivity contribution >= 4 is 17.5 Å². The third-order valence-electron chi connectivity index (χ3n) is 5.95. The fraction of sp³-hybridized carbons (Fsp3) is 0.381. The number of aromatic nitrogens is 5. The molecule has 1 aliphatic carbocycles. The standard InChI is InChI=1S/C21H22FN7O2/c1-11-6-15(19-24-10-25-28-19)16(22)7-14(11)17-8-23-20-21(26-17)29(9-18(31)27-20)12-2-4-13(30)5-3-12/h6-8,10,12-13,30H,2-5,9H2,1H3,(H,23,27,31)(H,24,25,28)/t12-,13+. The largest absolute Gasteiger partial charge is 0.393 e. The van der Waals surface area contributed by atoms with E-state index in [2.05, 4.69) is 25.5 Å². The van der Waals surface area contributed by atoms with E-state index in [0.29, 0.717) is 41.3 Å². The number of aliphatic hydroxyl groups excluding tert-OH is 1. The molecule has 3 N–H and O–H groups in total. The van der Waals surface area contributed by atoms with Gasteiger partial charge >= 0.3 is 0 Å². The normalized spacial score (nSPS) is 21.0. The molecule has 160 valence electrons. The van der Waals surface area contributed by atoms with Gasteiger partial charge in [-0.15, -0.1) is 0 Å². The molecule has 1 amide bonds. The lowest BCUT2D eigenvalue weighted by Gasteiger charge is -2.38. The SMILES string of the molecule is Cc1cc(-c2nc[nH]n2)c(F)cc1-c1cnc2c(n1)N([C@H]1CC[C@@H](O)CC1)CC(=O)N2. The minimum Gasteiger partial charge on any atom is -0.393 e. The number of nitrogens with one attached hydrogen (secondary N) is 2. The van der Waals surface area contributed by atoms with E-state index in [0.717, 1.165) is 18.4 Å². The van der Waals surface area contributed by atoms with E-state index in [1.165, 1.54) is 12.4 Å². The summed E-state index contributed by atoms with van der Waals surface area (Å²) in [5, 5.41) is 19.2. The van der Waals surface area contributed by atoms with Crippen LogP contribution in [0.1, 0.15) is 31.2 Å². The summed E-state index contributed by atoms with van der Waals surface area (Å²) in [6, 6.07) is 3.21. The molecule has 9 nitrogen and oxygen atoms in total. The van der Waals surface area contributed by atoms with Crippen LogP contribution in [0.2, 0.25) is 0 Å². The van der Waals surface area contributed by atoms with Crippen molar-refractivity contribution in [2.75, 3.05) is 16.8 Å². The highest BCUT2D eigenvalue weighted by molar-refractivity contribution is 5.99. The summed E-state index contributed by atoms with van der Waals surface area (Å²) in [5.74, 6) is 0.680. The second-order valence-electron chi connectivity index (χ2n) is 8.04. The van der Waals surface area contributed by atoms with Gasteiger partial charge in [0.25, 0.3) is 0 Å². The third-order valence-corrected chi connectivity index (χ3v) is 5.95. The molecule has 1 fully saturated rings. The molecule has 2 aliphatic rings. The number of hydrogen-bond donors (Lipinski definition) is 3. The average molecular weight is 423 g/mol. The minimum atomic E-state index is -0.453. The van der Waals surface area contributed by atoms with Crippen LogP contribution in [0.4, 0.5) is 16.0 Å². The van der Waals surface area contributed by atoms with Crippen molar-refractivity contribution in [1.29, 1.82) is 0 Å². The summed E-state index contributed by atoms with van der Waals surface area (Å²) in [6.07, 6.45) is 5.59. The molecule has 0 radical (unpaired) electrons. The van der Waals surface area contributed by atoms with Crippen LogP contribution in [0, 0.1) is 12.7 Å². The Labute approximate surface area is 177 Å². The van der Waals surface area contributed by atoms with Gasteiger partial charge in [-0.25, -0.2) is 19.3 Å². The van der Waals surface area contributed by atoms with E-state index < -0.39 is 5.82 Å². The van der Waals surface area contributed by atoms with Gasteiger partial charge in [0.15, 0.2) is 17.5 Å². The van der Waals surface area contributed by atoms with Crippen LogP contribution < -0.4 is 10.2 Å². The number of benzene rings is 1. The Bertz CT molecular complexity index is 1130. The number of carbonyl (C=O) groups excluding carboxylic acids is 1. The molecule has 0 bridgehead atoms. The average Bonchev–Trinajstić information content (AvgIpc) is 3.29. The molecule has 10 heteroatoms. The molecule has 1 aliphatic heterocycles. The van der Waals surface area contributed by atoms with Crippen molar-refractivity contribution < 1.29 is 14.3 Å². The Morgan fingerprint density at radius 2 is 1.97 bits per heavy atom. The van der Waals surface area contributed by atoms with Crippen LogP contribution in [0.5, 0.6) is 0 Å². The molecule has 5 rings (SSSR count). The van der Waals surface area contributed by atoms with Crippen LogP contribution >= 0.6 is 0 Å². The molecule has 1 aromatic carbocycles. The van der Waals surface area contributed by atoms with Crippen molar-refractivity contribution in [3.63, 3.8) is 0 Å². The number of rotatable bonds is 3. The maximum Gasteiger partial charge on any atom is 0.245 e. The van der Waals surface area contributed by atoms with Gasteiger partial charge in [-0.05, 0) is 50.3 Å². The third kappa shape index (κ3) is 3.63. The number of hydrogen-bond acceptors (Lipinski definition) is 7. The predicted octanol–water partition coefficient (Wildman–Crippen LogP) is 2.44. The fourth-order valence-electron chi connectivity index (χ4n) is 4.34. The Morgan fingerprint density at radius 1 is 1.16 bits per heavy atom. The maximum absolute atomic E-state index is 14.8. The molecule has 0 spiro atoms. The fourth-order valence-corrected chi connectivity index (χ4v) is 4.34. The summed E-state index contributed by atoms with van der Waals surface area (Å²) in [6.45, 7) is 2.05. The lowest BCUT2D eigenvalue weighted by Crippen LogP contribution is -2.47. The zero-order valence-electron chi connectivity index (χ0n) is 17.0. The smallest absolute Gasteiger partial charge is 0.245 e. The molecule has 1 saturated carbocycles. The number of aryl methyl sites for hydroxylation is 1. The number of anilines is 2. The van der Waals surface area contributed by atoms with Crippen molar-refractivity contribution in [3.05, 3.63) is 36.0 Å².